The molecule has 0 amide bonds. The lowest BCUT2D eigenvalue weighted by Crippen LogP contribution is -2.29. The van der Waals surface area contributed by atoms with Crippen LogP contribution in [-0.2, 0) is 4.79 Å². The van der Waals surface area contributed by atoms with Gasteiger partial charge in [0.2, 0.25) is 0 Å². The van der Waals surface area contributed by atoms with Gasteiger partial charge in [-0.25, -0.2) is 8.78 Å². The average molecular weight is 332 g/mol. The van der Waals surface area contributed by atoms with Gasteiger partial charge in [0.05, 0.1) is 5.69 Å². The van der Waals surface area contributed by atoms with E-state index in [9.17, 15) is 13.6 Å². The average Bonchev–Trinajstić information content (AvgIpc) is 2.45. The molecule has 0 aromatic heterocycles. The van der Waals surface area contributed by atoms with Crippen LogP contribution in [-0.4, -0.2) is 17.4 Å². The lowest BCUT2D eigenvalue weighted by atomic mass is 10.0. The van der Waals surface area contributed by atoms with Gasteiger partial charge in [-0.2, -0.15) is 0 Å². The van der Waals surface area contributed by atoms with Crippen LogP contribution in [0.4, 0.5) is 14.5 Å². The monoisotopic (exact) mass is 332 g/mol. The first-order valence-corrected chi connectivity index (χ1v) is 7.83. The molecule has 22 heavy (non-hydrogen) atoms. The number of ketones is 1. The summed E-state index contributed by atoms with van der Waals surface area (Å²) in [6.45, 7) is 4.45. The Hall–Kier alpha value is -1.56. The zero-order valence-corrected chi connectivity index (χ0v) is 13.7. The number of carbonyl (C=O) groups excluding carboxylic acids is 1. The van der Waals surface area contributed by atoms with E-state index in [1.807, 2.05) is 13.8 Å². The summed E-state index contributed by atoms with van der Waals surface area (Å²) in [5, 5.41) is 5.94. The molecule has 0 fully saturated rings. The molecule has 126 valence electrons. The fourth-order valence-corrected chi connectivity index (χ4v) is 2.06. The molecule has 0 saturated heterocycles. The lowest BCUT2D eigenvalue weighted by Gasteiger charge is -2.11. The van der Waals surface area contributed by atoms with Gasteiger partial charge in [-0.3, -0.25) is 4.79 Å². The Morgan fingerprint density at radius 3 is 2.64 bits per heavy atom. The van der Waals surface area contributed by atoms with Gasteiger partial charge in [0.1, 0.15) is 17.4 Å². The number of halogens is 2. The molecule has 0 heterocycles. The Bertz CT molecular complexity index is 531. The maximum Gasteiger partial charge on any atom is 0.170 e. The van der Waals surface area contributed by atoms with Crippen molar-refractivity contribution in [3.8, 4) is 0 Å². The molecular weight excluding hydrogens is 306 g/mol. The zero-order valence-electron chi connectivity index (χ0n) is 12.9. The van der Waals surface area contributed by atoms with Crippen molar-refractivity contribution in [2.75, 3.05) is 11.9 Å². The molecule has 1 aromatic rings. The van der Waals surface area contributed by atoms with E-state index < -0.39 is 11.6 Å². The molecule has 3 nitrogen and oxygen atoms in total. The maximum absolute atomic E-state index is 13.4. The van der Waals surface area contributed by atoms with Crippen LogP contribution in [0.15, 0.2) is 18.2 Å². The molecule has 1 aromatic carbocycles. The molecular formula is C16H26F2N2OS. The highest BCUT2D eigenvalue weighted by Gasteiger charge is 2.07. The smallest absolute Gasteiger partial charge is 0.170 e. The largest absolute Gasteiger partial charge is 0.362 e. The Kier molecular flexibility index (Phi) is 7.95. The molecule has 0 unspecified atom stereocenters. The van der Waals surface area contributed by atoms with E-state index in [1.54, 1.807) is 0 Å². The first-order valence-electron chi connectivity index (χ1n) is 7.42. The lowest BCUT2D eigenvalue weighted by molar-refractivity contribution is -0.122. The third-order valence-corrected chi connectivity index (χ3v) is 3.46. The highest BCUT2D eigenvalue weighted by Crippen LogP contribution is 2.14. The van der Waals surface area contributed by atoms with Crippen molar-refractivity contribution < 1.29 is 16.4 Å². The van der Waals surface area contributed by atoms with E-state index in [1.165, 1.54) is 12.1 Å². The number of Topliss-reactive ketones (excluding diaryl/α,β-unsaturated/α-hetero) is 1. The Morgan fingerprint density at radius 2 is 2.00 bits per heavy atom. The standard InChI is InChI=1S/C16H22F2N2OS.2H2/c1-11(2)15(21)6-4-3-5-9-19-16(22)20-14-8-7-12(17)10-13(14)18;;/h7-8,10-11H,3-6,9H2,1-2H3,(H2,19,20,22);2*1H. The van der Waals surface area contributed by atoms with Gasteiger partial charge in [0.25, 0.3) is 0 Å². The predicted molar refractivity (Wildman–Crippen MR) is 93.1 cm³/mol. The first kappa shape index (κ1) is 18.5. The number of carbonyl (C=O) groups is 1. The molecule has 0 aliphatic carbocycles. The summed E-state index contributed by atoms with van der Waals surface area (Å²) in [4.78, 5) is 11.4. The first-order chi connectivity index (χ1) is 10.4. The number of benzene rings is 1. The van der Waals surface area contributed by atoms with Gasteiger partial charge in [-0.05, 0) is 37.2 Å². The van der Waals surface area contributed by atoms with Crippen LogP contribution in [0.25, 0.3) is 0 Å². The zero-order chi connectivity index (χ0) is 16.5. The molecule has 0 aliphatic rings. The van der Waals surface area contributed by atoms with E-state index >= 15 is 0 Å². The van der Waals surface area contributed by atoms with Crippen molar-refractivity contribution in [1.29, 1.82) is 0 Å². The van der Waals surface area contributed by atoms with E-state index in [-0.39, 0.29) is 20.2 Å². The topological polar surface area (TPSA) is 41.1 Å². The SMILES string of the molecule is CC(C)C(=O)CCCCCNC(=S)Nc1ccc(F)cc1F.[HH].[HH]. The third kappa shape index (κ3) is 6.93. The molecule has 2 N–H and O–H groups in total. The normalized spacial score (nSPS) is 10.6. The quantitative estimate of drug-likeness (QED) is 0.542. The van der Waals surface area contributed by atoms with Crippen molar-refractivity contribution in [2.24, 2.45) is 5.92 Å². The van der Waals surface area contributed by atoms with Crippen molar-refractivity contribution in [3.05, 3.63) is 29.8 Å². The molecule has 0 atom stereocenters. The molecule has 0 aliphatic heterocycles. The second kappa shape index (κ2) is 9.46. The van der Waals surface area contributed by atoms with Crippen molar-refractivity contribution in [1.82, 2.24) is 5.32 Å². The summed E-state index contributed by atoms with van der Waals surface area (Å²) in [7, 11) is 0. The van der Waals surface area contributed by atoms with E-state index in [0.29, 0.717) is 18.1 Å². The number of thiocarbonyl (C=S) groups is 1. The van der Waals surface area contributed by atoms with Crippen LogP contribution in [0.3, 0.4) is 0 Å². The van der Waals surface area contributed by atoms with Gasteiger partial charge in [-0.1, -0.05) is 20.3 Å². The second-order valence-electron chi connectivity index (χ2n) is 5.44. The fraction of sp³-hybridized carbons (Fsp3) is 0.500. The summed E-state index contributed by atoms with van der Waals surface area (Å²) in [6, 6.07) is 3.27. The van der Waals surface area contributed by atoms with Crippen LogP contribution >= 0.6 is 12.2 Å². The summed E-state index contributed by atoms with van der Waals surface area (Å²) < 4.78 is 26.2. The van der Waals surface area contributed by atoms with Crippen LogP contribution < -0.4 is 10.6 Å². The van der Waals surface area contributed by atoms with Crippen LogP contribution in [0.1, 0.15) is 42.4 Å². The van der Waals surface area contributed by atoms with Crippen molar-refractivity contribution >= 4 is 28.8 Å². The van der Waals surface area contributed by atoms with Gasteiger partial charge >= 0.3 is 0 Å². The molecule has 6 heteroatoms. The Labute approximate surface area is 138 Å². The van der Waals surface area contributed by atoms with Crippen LogP contribution in [0, 0.1) is 17.6 Å². The van der Waals surface area contributed by atoms with E-state index in [0.717, 1.165) is 25.3 Å². The van der Waals surface area contributed by atoms with E-state index in [4.69, 9.17) is 12.2 Å². The van der Waals surface area contributed by atoms with Crippen LogP contribution in [0.2, 0.25) is 0 Å². The van der Waals surface area contributed by atoms with Gasteiger partial charge in [-0.15, -0.1) is 0 Å². The minimum atomic E-state index is -0.684. The number of hydrogen-bond acceptors (Lipinski definition) is 2. The predicted octanol–water partition coefficient (Wildman–Crippen LogP) is 4.53. The molecule has 1 rings (SSSR count). The molecule has 0 saturated carbocycles. The van der Waals surface area contributed by atoms with Crippen molar-refractivity contribution in [3.63, 3.8) is 0 Å². The second-order valence-corrected chi connectivity index (χ2v) is 5.84. The molecule has 0 bridgehead atoms. The number of unbranched alkanes of at least 4 members (excludes halogenated alkanes) is 2. The minimum Gasteiger partial charge on any atom is -0.362 e. The summed E-state index contributed by atoms with van der Waals surface area (Å²) in [6.07, 6.45) is 3.28. The van der Waals surface area contributed by atoms with Crippen LogP contribution in [0.5, 0.6) is 0 Å². The van der Waals surface area contributed by atoms with Crippen molar-refractivity contribution in [2.45, 2.75) is 39.5 Å². The Balaban J connectivity index is 0. The number of rotatable bonds is 8. The van der Waals surface area contributed by atoms with Gasteiger partial charge in [0, 0.05) is 27.8 Å². The summed E-state index contributed by atoms with van der Waals surface area (Å²) in [5.41, 5.74) is 0.140. The highest BCUT2D eigenvalue weighted by molar-refractivity contribution is 7.80. The molecule has 0 radical (unpaired) electrons. The van der Waals surface area contributed by atoms with Gasteiger partial charge < -0.3 is 10.6 Å². The van der Waals surface area contributed by atoms with E-state index in [2.05, 4.69) is 10.6 Å². The minimum absolute atomic E-state index is 0. The Morgan fingerprint density at radius 1 is 1.27 bits per heavy atom. The molecule has 0 spiro atoms. The van der Waals surface area contributed by atoms with Gasteiger partial charge in [0.15, 0.2) is 5.11 Å². The maximum atomic E-state index is 13.4. The summed E-state index contributed by atoms with van der Waals surface area (Å²) in [5.74, 6) is -0.924. The number of hydrogen-bond donors (Lipinski definition) is 2. The fourth-order valence-electron chi connectivity index (χ4n) is 1.85. The number of nitrogens with one attached hydrogen (secondary N) is 2. The number of anilines is 1. The third-order valence-electron chi connectivity index (χ3n) is 3.21. The summed E-state index contributed by atoms with van der Waals surface area (Å²) >= 11 is 5.05. The highest BCUT2D eigenvalue weighted by atomic mass is 32.1.